The highest BCUT2D eigenvalue weighted by Gasteiger charge is 2.26. The summed E-state index contributed by atoms with van der Waals surface area (Å²) in [6.07, 6.45) is 15.3. The molecule has 0 fully saturated rings. The van der Waals surface area contributed by atoms with Gasteiger partial charge in [0, 0.05) is 31.7 Å². The van der Waals surface area contributed by atoms with Crippen molar-refractivity contribution in [2.45, 2.75) is 96.8 Å². The molecule has 180 valence electrons. The molecule has 31 heavy (non-hydrogen) atoms. The first-order valence-electron chi connectivity index (χ1n) is 11.9. The van der Waals surface area contributed by atoms with Gasteiger partial charge in [-0.15, -0.1) is 0 Å². The van der Waals surface area contributed by atoms with E-state index >= 15 is 0 Å². The van der Waals surface area contributed by atoms with Crippen molar-refractivity contribution in [3.05, 3.63) is 12.2 Å². The van der Waals surface area contributed by atoms with Gasteiger partial charge in [0.15, 0.2) is 0 Å². The molecule has 0 heterocycles. The van der Waals surface area contributed by atoms with Crippen LogP contribution in [0.25, 0.3) is 0 Å². The zero-order chi connectivity index (χ0) is 23.4. The lowest BCUT2D eigenvalue weighted by atomic mass is 10.1. The number of carbonyl (C=O) groups is 3. The largest absolute Gasteiger partial charge is 0.550 e. The maximum absolute atomic E-state index is 11.0. The second-order valence-electron chi connectivity index (χ2n) is 8.52. The Labute approximate surface area is 187 Å². The Balaban J connectivity index is 4.75. The quantitative estimate of drug-likeness (QED) is 0.150. The molecule has 2 N–H and O–H groups in total. The number of carbonyl (C=O) groups excluding carboxylic acids is 1. The summed E-state index contributed by atoms with van der Waals surface area (Å²) in [5.41, 5.74) is 0. The molecule has 0 rings (SSSR count). The summed E-state index contributed by atoms with van der Waals surface area (Å²) in [5, 5.41) is 28.8. The van der Waals surface area contributed by atoms with Crippen molar-refractivity contribution in [2.24, 2.45) is 0 Å². The molecule has 0 unspecified atom stereocenters. The lowest BCUT2D eigenvalue weighted by molar-refractivity contribution is -0.928. The van der Waals surface area contributed by atoms with E-state index in [1.165, 1.54) is 38.5 Å². The molecule has 0 aromatic rings. The summed E-state index contributed by atoms with van der Waals surface area (Å²) >= 11 is 0. The molecular weight excluding hydrogens is 398 g/mol. The van der Waals surface area contributed by atoms with Crippen LogP contribution < -0.4 is 5.11 Å². The number of rotatable bonds is 22. The van der Waals surface area contributed by atoms with Crippen molar-refractivity contribution < 1.29 is 34.2 Å². The average Bonchev–Trinajstić information content (AvgIpc) is 2.68. The maximum atomic E-state index is 11.0. The van der Waals surface area contributed by atoms with E-state index in [4.69, 9.17) is 10.2 Å². The topological polar surface area (TPSA) is 115 Å². The van der Waals surface area contributed by atoms with E-state index in [1.54, 1.807) is 0 Å². The predicted octanol–water partition coefficient (Wildman–Crippen LogP) is 3.76. The van der Waals surface area contributed by atoms with E-state index in [2.05, 4.69) is 19.1 Å². The number of nitrogens with zero attached hydrogens (tertiary/aromatic N) is 1. The first-order valence-corrected chi connectivity index (χ1v) is 11.9. The number of unbranched alkanes of at least 4 members (excludes halogenated alkanes) is 6. The highest BCUT2D eigenvalue weighted by molar-refractivity contribution is 5.66. The van der Waals surface area contributed by atoms with Gasteiger partial charge < -0.3 is 24.6 Å². The molecular formula is C24H43NO6. The molecule has 7 heteroatoms. The summed E-state index contributed by atoms with van der Waals surface area (Å²) < 4.78 is 0.565. The smallest absolute Gasteiger partial charge is 0.303 e. The third-order valence-corrected chi connectivity index (χ3v) is 5.72. The van der Waals surface area contributed by atoms with Crippen LogP contribution in [0, 0.1) is 0 Å². The molecule has 0 saturated heterocycles. The Morgan fingerprint density at radius 3 is 1.68 bits per heavy atom. The first-order chi connectivity index (χ1) is 14.8. The fourth-order valence-electron chi connectivity index (χ4n) is 3.99. The second kappa shape index (κ2) is 18.8. The highest BCUT2D eigenvalue weighted by Crippen LogP contribution is 2.17. The van der Waals surface area contributed by atoms with Gasteiger partial charge in [0.1, 0.15) is 0 Å². The molecule has 0 saturated carbocycles. The van der Waals surface area contributed by atoms with Crippen LogP contribution in [0.15, 0.2) is 12.2 Å². The standard InChI is InChI=1S/C24H43NO6/c1-2-3-4-5-6-7-8-9-10-11-18-25(19-12-15-22(26)27,20-13-16-23(28)29)21-14-17-24(30)31/h9-10H,2-8,11-21H2,1H3,(H2-,26,27,28,29,30,31)/b10-9+. The summed E-state index contributed by atoms with van der Waals surface area (Å²) in [6, 6.07) is 0. The number of carboxylic acid groups (broad SMARTS) is 3. The molecule has 0 amide bonds. The van der Waals surface area contributed by atoms with Crippen LogP contribution in [-0.2, 0) is 14.4 Å². The average molecular weight is 442 g/mol. The van der Waals surface area contributed by atoms with Crippen LogP contribution in [0.4, 0.5) is 0 Å². The van der Waals surface area contributed by atoms with Gasteiger partial charge in [-0.25, -0.2) is 0 Å². The summed E-state index contributed by atoms with van der Waals surface area (Å²) in [7, 11) is 0. The Bertz CT molecular complexity index is 482. The van der Waals surface area contributed by atoms with E-state index in [1.807, 2.05) is 0 Å². The number of hydrogen-bond donors (Lipinski definition) is 2. The van der Waals surface area contributed by atoms with Gasteiger partial charge in [-0.3, -0.25) is 9.59 Å². The van der Waals surface area contributed by atoms with Gasteiger partial charge in [-0.2, -0.15) is 0 Å². The molecule has 7 nitrogen and oxygen atoms in total. The second-order valence-corrected chi connectivity index (χ2v) is 8.52. The molecule has 0 aromatic heterocycles. The Morgan fingerprint density at radius 1 is 0.677 bits per heavy atom. The van der Waals surface area contributed by atoms with Gasteiger partial charge in [0.2, 0.25) is 0 Å². The van der Waals surface area contributed by atoms with Gasteiger partial charge in [-0.05, 0) is 19.3 Å². The monoisotopic (exact) mass is 441 g/mol. The molecule has 0 bridgehead atoms. The van der Waals surface area contributed by atoms with Crippen LogP contribution in [0.3, 0.4) is 0 Å². The van der Waals surface area contributed by atoms with Gasteiger partial charge in [0.25, 0.3) is 0 Å². The van der Waals surface area contributed by atoms with Crippen LogP contribution in [-0.4, -0.2) is 58.8 Å². The number of aliphatic carboxylic acids is 3. The lowest BCUT2D eigenvalue weighted by Gasteiger charge is -2.39. The van der Waals surface area contributed by atoms with Crippen molar-refractivity contribution in [3.8, 4) is 0 Å². The summed E-state index contributed by atoms with van der Waals surface area (Å²) in [5.74, 6) is -2.79. The molecule has 0 aliphatic rings. The summed E-state index contributed by atoms with van der Waals surface area (Å²) in [4.78, 5) is 32.8. The van der Waals surface area contributed by atoms with E-state index in [9.17, 15) is 19.5 Å². The van der Waals surface area contributed by atoms with Gasteiger partial charge in [0.05, 0.1) is 39.0 Å². The number of allylic oxidation sites excluding steroid dienone is 1. The zero-order valence-corrected chi connectivity index (χ0v) is 19.4. The maximum Gasteiger partial charge on any atom is 0.303 e. The van der Waals surface area contributed by atoms with Crippen LogP contribution in [0.5, 0.6) is 0 Å². The molecule has 0 atom stereocenters. The van der Waals surface area contributed by atoms with E-state index in [0.29, 0.717) is 43.4 Å². The molecule has 0 spiro atoms. The number of carboxylic acids is 3. The Kier molecular flexibility index (Phi) is 17.7. The molecule has 0 aromatic carbocycles. The fourth-order valence-corrected chi connectivity index (χ4v) is 3.99. The van der Waals surface area contributed by atoms with Crippen molar-refractivity contribution in [1.29, 1.82) is 0 Å². The third kappa shape index (κ3) is 18.6. The van der Waals surface area contributed by atoms with Gasteiger partial charge in [-0.1, -0.05) is 51.2 Å². The minimum atomic E-state index is -1.09. The fraction of sp³-hybridized carbons (Fsp3) is 0.792. The van der Waals surface area contributed by atoms with E-state index in [0.717, 1.165) is 19.4 Å². The van der Waals surface area contributed by atoms with Crippen molar-refractivity contribution in [2.75, 3.05) is 26.2 Å². The first kappa shape index (κ1) is 29.1. The molecule has 0 aliphatic heterocycles. The Hall–Kier alpha value is -1.89. The zero-order valence-electron chi connectivity index (χ0n) is 19.4. The van der Waals surface area contributed by atoms with Crippen LogP contribution >= 0.6 is 0 Å². The summed E-state index contributed by atoms with van der Waals surface area (Å²) in [6.45, 7) is 4.80. The number of hydrogen-bond acceptors (Lipinski definition) is 4. The van der Waals surface area contributed by atoms with Crippen LogP contribution in [0.1, 0.15) is 96.8 Å². The van der Waals surface area contributed by atoms with Crippen LogP contribution in [0.2, 0.25) is 0 Å². The van der Waals surface area contributed by atoms with Crippen molar-refractivity contribution in [1.82, 2.24) is 0 Å². The predicted molar refractivity (Wildman–Crippen MR) is 119 cm³/mol. The minimum Gasteiger partial charge on any atom is -0.550 e. The highest BCUT2D eigenvalue weighted by atomic mass is 16.4. The van der Waals surface area contributed by atoms with Crippen molar-refractivity contribution >= 4 is 17.9 Å². The van der Waals surface area contributed by atoms with Gasteiger partial charge >= 0.3 is 11.9 Å². The molecule has 0 radical (unpaired) electrons. The molecule has 0 aliphatic carbocycles. The SMILES string of the molecule is CCCCCCCC/C=C/CC[N+](CCCC(=O)[O-])(CCCC(=O)O)CCCC(=O)O. The minimum absolute atomic E-state index is 0.0360. The number of quaternary nitrogens is 1. The van der Waals surface area contributed by atoms with E-state index < -0.39 is 17.9 Å². The normalized spacial score (nSPS) is 11.8. The Morgan fingerprint density at radius 2 is 1.16 bits per heavy atom. The lowest BCUT2D eigenvalue weighted by Crippen LogP contribution is -2.51. The van der Waals surface area contributed by atoms with Crippen molar-refractivity contribution in [3.63, 3.8) is 0 Å². The van der Waals surface area contributed by atoms with E-state index in [-0.39, 0.29) is 19.3 Å². The third-order valence-electron chi connectivity index (χ3n) is 5.72.